The first kappa shape index (κ1) is 18.1. The Morgan fingerprint density at radius 1 is 1.04 bits per heavy atom. The molecule has 0 spiro atoms. The molecule has 0 aliphatic heterocycles. The molecule has 8 heteroatoms. The molecule has 0 aromatic heterocycles. The summed E-state index contributed by atoms with van der Waals surface area (Å²) in [6.45, 7) is 0. The Morgan fingerprint density at radius 2 is 1.73 bits per heavy atom. The fraction of sp³-hybridized carbons (Fsp3) is 0.278. The maximum atomic E-state index is 12.6. The standard InChI is InChI=1S/C18H20N2O5S/c1-24-14-7-10-16(17(11-14)25-2)20-26(22,23)15-8-3-12(4-9-15)18(21)19-13-5-6-13/h3-4,7-11,13,20H,5-6H2,1-2H3,(H,19,21). The number of carbonyl (C=O) groups is 1. The summed E-state index contributed by atoms with van der Waals surface area (Å²) in [7, 11) is -0.863. The number of anilines is 1. The number of rotatable bonds is 7. The predicted octanol–water partition coefficient (Wildman–Crippen LogP) is 2.40. The number of carbonyl (C=O) groups excluding carboxylic acids is 1. The second-order valence-corrected chi connectivity index (χ2v) is 7.63. The van der Waals surface area contributed by atoms with Gasteiger partial charge >= 0.3 is 0 Å². The zero-order chi connectivity index (χ0) is 18.7. The lowest BCUT2D eigenvalue weighted by molar-refractivity contribution is 0.0951. The van der Waals surface area contributed by atoms with Crippen LogP contribution in [0.5, 0.6) is 11.5 Å². The van der Waals surface area contributed by atoms with E-state index in [2.05, 4.69) is 10.0 Å². The third-order valence-corrected chi connectivity index (χ3v) is 5.37. The van der Waals surface area contributed by atoms with Crippen molar-refractivity contribution in [2.24, 2.45) is 0 Å². The zero-order valence-corrected chi connectivity index (χ0v) is 15.3. The van der Waals surface area contributed by atoms with E-state index in [-0.39, 0.29) is 16.8 Å². The van der Waals surface area contributed by atoms with Crippen LogP contribution in [0.3, 0.4) is 0 Å². The molecule has 1 fully saturated rings. The molecule has 0 saturated heterocycles. The van der Waals surface area contributed by atoms with Gasteiger partial charge in [-0.05, 0) is 49.2 Å². The molecular formula is C18H20N2O5S. The quantitative estimate of drug-likeness (QED) is 0.774. The first-order chi connectivity index (χ1) is 12.4. The van der Waals surface area contributed by atoms with Crippen LogP contribution in [0.2, 0.25) is 0 Å². The number of hydrogen-bond donors (Lipinski definition) is 2. The summed E-state index contributed by atoms with van der Waals surface area (Å²) in [6, 6.07) is 10.8. The summed E-state index contributed by atoms with van der Waals surface area (Å²) < 4.78 is 38.0. The van der Waals surface area contributed by atoms with E-state index in [0.717, 1.165) is 12.8 Å². The van der Waals surface area contributed by atoms with Crippen LogP contribution in [-0.2, 0) is 10.0 Å². The van der Waals surface area contributed by atoms with E-state index in [4.69, 9.17) is 9.47 Å². The van der Waals surface area contributed by atoms with Crippen molar-refractivity contribution in [2.45, 2.75) is 23.8 Å². The molecule has 2 aromatic rings. The highest BCUT2D eigenvalue weighted by Gasteiger charge is 2.24. The summed E-state index contributed by atoms with van der Waals surface area (Å²) in [5.74, 6) is 0.699. The molecule has 1 aliphatic rings. The summed E-state index contributed by atoms with van der Waals surface area (Å²) in [6.07, 6.45) is 1.98. The van der Waals surface area contributed by atoms with Crippen molar-refractivity contribution in [3.63, 3.8) is 0 Å². The lowest BCUT2D eigenvalue weighted by atomic mass is 10.2. The third kappa shape index (κ3) is 4.08. The average molecular weight is 376 g/mol. The van der Waals surface area contributed by atoms with Gasteiger partial charge in [0.15, 0.2) is 0 Å². The largest absolute Gasteiger partial charge is 0.497 e. The van der Waals surface area contributed by atoms with E-state index in [1.54, 1.807) is 18.2 Å². The van der Waals surface area contributed by atoms with Crippen molar-refractivity contribution >= 4 is 21.6 Å². The molecule has 1 aliphatic carbocycles. The van der Waals surface area contributed by atoms with Gasteiger partial charge in [-0.2, -0.15) is 0 Å². The van der Waals surface area contributed by atoms with E-state index in [9.17, 15) is 13.2 Å². The highest BCUT2D eigenvalue weighted by atomic mass is 32.2. The minimum Gasteiger partial charge on any atom is -0.497 e. The Morgan fingerprint density at radius 3 is 2.31 bits per heavy atom. The smallest absolute Gasteiger partial charge is 0.262 e. The molecule has 3 rings (SSSR count). The van der Waals surface area contributed by atoms with Crippen LogP contribution in [0.4, 0.5) is 5.69 Å². The minimum absolute atomic E-state index is 0.0540. The van der Waals surface area contributed by atoms with Gasteiger partial charge < -0.3 is 14.8 Å². The molecule has 1 saturated carbocycles. The van der Waals surface area contributed by atoms with Crippen LogP contribution in [-0.4, -0.2) is 34.6 Å². The van der Waals surface area contributed by atoms with Crippen molar-refractivity contribution < 1.29 is 22.7 Å². The summed E-state index contributed by atoms with van der Waals surface area (Å²) in [5, 5.41) is 2.86. The first-order valence-electron chi connectivity index (χ1n) is 8.09. The Balaban J connectivity index is 1.78. The number of benzene rings is 2. The number of methoxy groups -OCH3 is 2. The first-order valence-corrected chi connectivity index (χ1v) is 9.57. The van der Waals surface area contributed by atoms with E-state index >= 15 is 0 Å². The average Bonchev–Trinajstić information content (AvgIpc) is 3.46. The minimum atomic E-state index is -3.82. The predicted molar refractivity (Wildman–Crippen MR) is 97.3 cm³/mol. The highest BCUT2D eigenvalue weighted by Crippen LogP contribution is 2.31. The van der Waals surface area contributed by atoms with Crippen LogP contribution in [0.1, 0.15) is 23.2 Å². The lowest BCUT2D eigenvalue weighted by Gasteiger charge is -2.13. The maximum absolute atomic E-state index is 12.6. The van der Waals surface area contributed by atoms with Gasteiger partial charge in [0.25, 0.3) is 15.9 Å². The van der Waals surface area contributed by atoms with Gasteiger partial charge in [-0.3, -0.25) is 9.52 Å². The van der Waals surface area contributed by atoms with Crippen LogP contribution in [0.25, 0.3) is 0 Å². The van der Waals surface area contributed by atoms with Crippen LogP contribution < -0.4 is 19.5 Å². The Bertz CT molecular complexity index is 906. The Hall–Kier alpha value is -2.74. The fourth-order valence-corrected chi connectivity index (χ4v) is 3.44. The molecular weight excluding hydrogens is 356 g/mol. The zero-order valence-electron chi connectivity index (χ0n) is 14.5. The molecule has 1 amide bonds. The molecule has 0 radical (unpaired) electrons. The molecule has 0 bridgehead atoms. The Kier molecular flexibility index (Phi) is 5.03. The normalized spacial score (nSPS) is 13.8. The monoisotopic (exact) mass is 376 g/mol. The summed E-state index contributed by atoms with van der Waals surface area (Å²) >= 11 is 0. The second-order valence-electron chi connectivity index (χ2n) is 5.94. The number of amides is 1. The van der Waals surface area contributed by atoms with Gasteiger partial charge in [-0.1, -0.05) is 0 Å². The van der Waals surface area contributed by atoms with Gasteiger partial charge in [0.2, 0.25) is 0 Å². The topological polar surface area (TPSA) is 93.7 Å². The molecule has 26 heavy (non-hydrogen) atoms. The lowest BCUT2D eigenvalue weighted by Crippen LogP contribution is -2.25. The van der Waals surface area contributed by atoms with Crippen molar-refractivity contribution in [3.05, 3.63) is 48.0 Å². The summed E-state index contributed by atoms with van der Waals surface area (Å²) in [5.41, 5.74) is 0.724. The van der Waals surface area contributed by atoms with E-state index in [1.807, 2.05) is 0 Å². The molecule has 0 heterocycles. The van der Waals surface area contributed by atoms with Crippen molar-refractivity contribution in [2.75, 3.05) is 18.9 Å². The van der Waals surface area contributed by atoms with Gasteiger partial charge in [0.1, 0.15) is 11.5 Å². The fourth-order valence-electron chi connectivity index (χ4n) is 2.37. The van der Waals surface area contributed by atoms with Crippen LogP contribution >= 0.6 is 0 Å². The molecule has 2 N–H and O–H groups in total. The second kappa shape index (κ2) is 7.25. The highest BCUT2D eigenvalue weighted by molar-refractivity contribution is 7.92. The van der Waals surface area contributed by atoms with E-state index in [1.165, 1.54) is 38.5 Å². The van der Waals surface area contributed by atoms with Crippen LogP contribution in [0.15, 0.2) is 47.4 Å². The molecule has 2 aromatic carbocycles. The van der Waals surface area contributed by atoms with Crippen molar-refractivity contribution in [3.8, 4) is 11.5 Å². The van der Waals surface area contributed by atoms with Gasteiger partial charge in [0, 0.05) is 17.7 Å². The van der Waals surface area contributed by atoms with Gasteiger partial charge in [-0.25, -0.2) is 8.42 Å². The molecule has 0 unspecified atom stereocenters. The number of ether oxygens (including phenoxy) is 2. The van der Waals surface area contributed by atoms with Crippen LogP contribution in [0, 0.1) is 0 Å². The third-order valence-electron chi connectivity index (χ3n) is 3.99. The number of nitrogens with one attached hydrogen (secondary N) is 2. The molecule has 7 nitrogen and oxygen atoms in total. The number of sulfonamides is 1. The van der Waals surface area contributed by atoms with Gasteiger partial charge in [-0.15, -0.1) is 0 Å². The SMILES string of the molecule is COc1ccc(NS(=O)(=O)c2ccc(C(=O)NC3CC3)cc2)c(OC)c1. The molecule has 0 atom stereocenters. The molecule has 138 valence electrons. The maximum Gasteiger partial charge on any atom is 0.262 e. The van der Waals surface area contributed by atoms with Gasteiger partial charge in [0.05, 0.1) is 24.8 Å². The Labute approximate surface area is 152 Å². The van der Waals surface area contributed by atoms with Crippen molar-refractivity contribution in [1.29, 1.82) is 0 Å². The van der Waals surface area contributed by atoms with E-state index in [0.29, 0.717) is 22.7 Å². The summed E-state index contributed by atoms with van der Waals surface area (Å²) in [4.78, 5) is 12.0. The number of hydrogen-bond acceptors (Lipinski definition) is 5. The van der Waals surface area contributed by atoms with E-state index < -0.39 is 10.0 Å². The van der Waals surface area contributed by atoms with Crippen molar-refractivity contribution in [1.82, 2.24) is 5.32 Å².